The second-order valence-corrected chi connectivity index (χ2v) is 7.40. The first kappa shape index (κ1) is 22.3. The average molecular weight is 469 g/mol. The van der Waals surface area contributed by atoms with Crippen LogP contribution in [0.4, 0.5) is 11.4 Å². The third-order valence-electron chi connectivity index (χ3n) is 4.73. The fourth-order valence-electron chi connectivity index (χ4n) is 3.18. The summed E-state index contributed by atoms with van der Waals surface area (Å²) in [7, 11) is 1.51. The van der Waals surface area contributed by atoms with Crippen molar-refractivity contribution in [3.63, 3.8) is 0 Å². The summed E-state index contributed by atoms with van der Waals surface area (Å²) in [6, 6.07) is 16.7. The molecule has 1 aliphatic heterocycles. The molecule has 3 aromatic carbocycles. The van der Waals surface area contributed by atoms with Crippen molar-refractivity contribution in [2.75, 3.05) is 37.6 Å². The molecule has 1 aliphatic rings. The normalized spacial score (nSPS) is 11.9. The van der Waals surface area contributed by atoms with Gasteiger partial charge in [-0.3, -0.25) is 9.59 Å². The van der Waals surface area contributed by atoms with Crippen LogP contribution in [0.15, 0.2) is 60.7 Å². The van der Waals surface area contributed by atoms with Gasteiger partial charge in [0.2, 0.25) is 0 Å². The van der Waals surface area contributed by atoms with Crippen LogP contribution in [-0.4, -0.2) is 38.7 Å². The van der Waals surface area contributed by atoms with Gasteiger partial charge in [0.05, 0.1) is 17.7 Å². The van der Waals surface area contributed by atoms with Crippen LogP contribution in [0.25, 0.3) is 0 Å². The van der Waals surface area contributed by atoms with Crippen molar-refractivity contribution in [1.29, 1.82) is 0 Å². The molecule has 3 aromatic rings. The number of hydrogen-bond donors (Lipinski definition) is 2. The molecule has 9 heteroatoms. The monoisotopic (exact) mass is 468 g/mol. The number of hydrogen-bond acceptors (Lipinski definition) is 6. The molecule has 0 aromatic heterocycles. The highest BCUT2D eigenvalue weighted by molar-refractivity contribution is 6.32. The van der Waals surface area contributed by atoms with Crippen LogP contribution in [0.1, 0.15) is 10.4 Å². The molecular weight excluding hydrogens is 448 g/mol. The Morgan fingerprint density at radius 2 is 1.64 bits per heavy atom. The lowest BCUT2D eigenvalue weighted by Crippen LogP contribution is -2.21. The van der Waals surface area contributed by atoms with E-state index in [4.69, 9.17) is 30.5 Å². The van der Waals surface area contributed by atoms with Crippen LogP contribution in [-0.2, 0) is 4.79 Å². The Labute approximate surface area is 195 Å². The lowest BCUT2D eigenvalue weighted by Gasteiger charge is -2.19. The van der Waals surface area contributed by atoms with Crippen LogP contribution in [0.3, 0.4) is 0 Å². The molecule has 0 spiro atoms. The molecule has 0 radical (unpaired) electrons. The van der Waals surface area contributed by atoms with Gasteiger partial charge < -0.3 is 29.6 Å². The van der Waals surface area contributed by atoms with E-state index >= 15 is 0 Å². The minimum Gasteiger partial charge on any atom is -0.495 e. The van der Waals surface area contributed by atoms with Gasteiger partial charge in [0.25, 0.3) is 11.8 Å². The number of carbonyl (C=O) groups excluding carboxylic acids is 2. The van der Waals surface area contributed by atoms with Gasteiger partial charge in [0, 0.05) is 17.4 Å². The maximum absolute atomic E-state index is 12.8. The molecule has 2 N–H and O–H groups in total. The first-order chi connectivity index (χ1) is 16.0. The fraction of sp³-hybridized carbons (Fsp3) is 0.167. The molecular formula is C24H21ClN2O6. The standard InChI is InChI=1S/C24H21ClN2O6/c1-30-20-8-6-15(12-18(20)25)26-23(28)14-33-19-5-3-2-4-17(19)24(29)27-16-7-9-21-22(13-16)32-11-10-31-21/h2-9,12-13H,10-11,14H2,1H3,(H,26,28)(H,27,29). The van der Waals surface area contributed by atoms with Crippen LogP contribution in [0.2, 0.25) is 5.02 Å². The van der Waals surface area contributed by atoms with Crippen LogP contribution in [0.5, 0.6) is 23.0 Å². The second kappa shape index (κ2) is 10.1. The molecule has 0 unspecified atom stereocenters. The number of fused-ring (bicyclic) bond motifs is 1. The molecule has 170 valence electrons. The highest BCUT2D eigenvalue weighted by Gasteiger charge is 2.16. The van der Waals surface area contributed by atoms with Gasteiger partial charge in [-0.2, -0.15) is 0 Å². The highest BCUT2D eigenvalue weighted by Crippen LogP contribution is 2.33. The third-order valence-corrected chi connectivity index (χ3v) is 5.02. The van der Waals surface area contributed by atoms with Crippen molar-refractivity contribution in [3.8, 4) is 23.0 Å². The number of benzene rings is 3. The van der Waals surface area contributed by atoms with E-state index in [0.29, 0.717) is 46.9 Å². The van der Waals surface area contributed by atoms with Crippen molar-refractivity contribution >= 4 is 34.8 Å². The van der Waals surface area contributed by atoms with Gasteiger partial charge in [0.15, 0.2) is 18.1 Å². The maximum atomic E-state index is 12.8. The summed E-state index contributed by atoms with van der Waals surface area (Å²) < 4.78 is 21.8. The Bertz CT molecular complexity index is 1180. The number of nitrogens with one attached hydrogen (secondary N) is 2. The van der Waals surface area contributed by atoms with E-state index in [0.717, 1.165) is 0 Å². The second-order valence-electron chi connectivity index (χ2n) is 6.99. The number of carbonyl (C=O) groups is 2. The number of amides is 2. The van der Waals surface area contributed by atoms with Crippen molar-refractivity contribution in [2.45, 2.75) is 0 Å². The molecule has 0 fully saturated rings. The molecule has 0 saturated heterocycles. The SMILES string of the molecule is COc1ccc(NC(=O)COc2ccccc2C(=O)Nc2ccc3c(c2)OCCO3)cc1Cl. The third kappa shape index (κ3) is 5.48. The zero-order valence-corrected chi connectivity index (χ0v) is 18.5. The fourth-order valence-corrected chi connectivity index (χ4v) is 3.44. The van der Waals surface area contributed by atoms with Gasteiger partial charge in [-0.15, -0.1) is 0 Å². The number of rotatable bonds is 7. The molecule has 33 heavy (non-hydrogen) atoms. The summed E-state index contributed by atoms with van der Waals surface area (Å²) in [4.78, 5) is 25.2. The van der Waals surface area contributed by atoms with E-state index in [1.54, 1.807) is 60.7 Å². The Morgan fingerprint density at radius 1 is 0.909 bits per heavy atom. The van der Waals surface area contributed by atoms with E-state index < -0.39 is 5.91 Å². The van der Waals surface area contributed by atoms with E-state index in [-0.39, 0.29) is 23.8 Å². The molecule has 1 heterocycles. The molecule has 2 amide bonds. The van der Waals surface area contributed by atoms with Gasteiger partial charge in [-0.05, 0) is 42.5 Å². The van der Waals surface area contributed by atoms with Crippen LogP contribution < -0.4 is 29.6 Å². The Balaban J connectivity index is 1.39. The molecule has 0 aliphatic carbocycles. The van der Waals surface area contributed by atoms with Crippen molar-refractivity contribution in [3.05, 3.63) is 71.2 Å². The van der Waals surface area contributed by atoms with E-state index in [1.165, 1.54) is 7.11 Å². The van der Waals surface area contributed by atoms with Gasteiger partial charge in [-0.25, -0.2) is 0 Å². The summed E-state index contributed by atoms with van der Waals surface area (Å²) in [6.45, 7) is 0.645. The number of methoxy groups -OCH3 is 1. The Morgan fingerprint density at radius 3 is 2.42 bits per heavy atom. The molecule has 0 atom stereocenters. The van der Waals surface area contributed by atoms with E-state index in [2.05, 4.69) is 10.6 Å². The van der Waals surface area contributed by atoms with Crippen LogP contribution >= 0.6 is 11.6 Å². The predicted molar refractivity (Wildman–Crippen MR) is 124 cm³/mol. The summed E-state index contributed by atoms with van der Waals surface area (Å²) in [5, 5.41) is 5.88. The zero-order valence-electron chi connectivity index (χ0n) is 17.7. The first-order valence-electron chi connectivity index (χ1n) is 10.1. The van der Waals surface area contributed by atoms with Crippen molar-refractivity contribution in [2.24, 2.45) is 0 Å². The lowest BCUT2D eigenvalue weighted by atomic mass is 10.1. The molecule has 0 bridgehead atoms. The van der Waals surface area contributed by atoms with Gasteiger partial charge >= 0.3 is 0 Å². The van der Waals surface area contributed by atoms with Crippen molar-refractivity contribution < 1.29 is 28.5 Å². The Hall–Kier alpha value is -3.91. The summed E-state index contributed by atoms with van der Waals surface area (Å²) in [6.07, 6.45) is 0. The quantitative estimate of drug-likeness (QED) is 0.534. The topological polar surface area (TPSA) is 95.1 Å². The lowest BCUT2D eigenvalue weighted by molar-refractivity contribution is -0.118. The zero-order chi connectivity index (χ0) is 23.2. The van der Waals surface area contributed by atoms with E-state index in [1.807, 2.05) is 0 Å². The maximum Gasteiger partial charge on any atom is 0.262 e. The predicted octanol–water partition coefficient (Wildman–Crippen LogP) is 4.39. The molecule has 4 rings (SSSR count). The number of ether oxygens (including phenoxy) is 4. The molecule has 8 nitrogen and oxygen atoms in total. The smallest absolute Gasteiger partial charge is 0.262 e. The van der Waals surface area contributed by atoms with Crippen LogP contribution in [0, 0.1) is 0 Å². The summed E-state index contributed by atoms with van der Waals surface area (Å²) in [5.74, 6) is 1.19. The highest BCUT2D eigenvalue weighted by atomic mass is 35.5. The largest absolute Gasteiger partial charge is 0.495 e. The summed E-state index contributed by atoms with van der Waals surface area (Å²) >= 11 is 6.08. The minimum absolute atomic E-state index is 0.274. The number of para-hydroxylation sites is 1. The van der Waals surface area contributed by atoms with E-state index in [9.17, 15) is 9.59 Å². The number of anilines is 2. The number of halogens is 1. The average Bonchev–Trinajstić information content (AvgIpc) is 2.83. The minimum atomic E-state index is -0.404. The molecule has 0 saturated carbocycles. The first-order valence-corrected chi connectivity index (χ1v) is 10.5. The summed E-state index contributed by atoms with van der Waals surface area (Å²) in [5.41, 5.74) is 1.33. The van der Waals surface area contributed by atoms with Crippen molar-refractivity contribution in [1.82, 2.24) is 0 Å². The Kier molecular flexibility index (Phi) is 6.85. The van der Waals surface area contributed by atoms with Gasteiger partial charge in [0.1, 0.15) is 24.7 Å². The van der Waals surface area contributed by atoms with Gasteiger partial charge in [-0.1, -0.05) is 23.7 Å².